The number of nitrogens with zero attached hydrogens (tertiary/aromatic N) is 2. The highest BCUT2D eigenvalue weighted by Gasteiger charge is 2.34. The van der Waals surface area contributed by atoms with Crippen molar-refractivity contribution in [3.8, 4) is 0 Å². The van der Waals surface area contributed by atoms with Gasteiger partial charge in [0, 0.05) is 19.6 Å². The monoisotopic (exact) mass is 384 g/mol. The zero-order chi connectivity index (χ0) is 17.2. The van der Waals surface area contributed by atoms with Gasteiger partial charge in [-0.3, -0.25) is 0 Å². The van der Waals surface area contributed by atoms with Gasteiger partial charge in [0.15, 0.2) is 0 Å². The maximum Gasteiger partial charge on any atom is 0.218 e. The molecule has 4 nitrogen and oxygen atoms in total. The van der Waals surface area contributed by atoms with E-state index in [1.54, 1.807) is 4.31 Å². The summed E-state index contributed by atoms with van der Waals surface area (Å²) < 4.78 is 40.5. The smallest absolute Gasteiger partial charge is 0.218 e. The molecule has 1 fully saturated rings. The largest absolute Gasteiger partial charge is 0.303 e. The fourth-order valence-corrected chi connectivity index (χ4v) is 4.77. The Morgan fingerprint density at radius 2 is 1.68 bits per heavy atom. The molecule has 1 saturated heterocycles. The molecule has 1 atom stereocenters. The number of rotatable bonds is 4. The van der Waals surface area contributed by atoms with Gasteiger partial charge in [-0.05, 0) is 30.3 Å². The van der Waals surface area contributed by atoms with E-state index in [-0.39, 0.29) is 30.0 Å². The molecule has 0 spiro atoms. The minimum Gasteiger partial charge on any atom is -0.303 e. The first kappa shape index (κ1) is 19.8. The van der Waals surface area contributed by atoms with Crippen LogP contribution in [0.5, 0.6) is 0 Å². The van der Waals surface area contributed by atoms with E-state index >= 15 is 0 Å². The molecule has 0 radical (unpaired) electrons. The van der Waals surface area contributed by atoms with E-state index in [0.29, 0.717) is 25.2 Å². The van der Waals surface area contributed by atoms with Crippen molar-refractivity contribution in [3.05, 3.63) is 71.5 Å². The zero-order valence-electron chi connectivity index (χ0n) is 14.0. The van der Waals surface area contributed by atoms with E-state index in [4.69, 9.17) is 0 Å². The number of likely N-dealkylation sites (N-methyl/N-ethyl adjacent to an activating group) is 1. The van der Waals surface area contributed by atoms with E-state index in [9.17, 15) is 12.8 Å². The molecule has 0 amide bonds. The molecule has 25 heavy (non-hydrogen) atoms. The van der Waals surface area contributed by atoms with Gasteiger partial charge < -0.3 is 4.90 Å². The highest BCUT2D eigenvalue weighted by Crippen LogP contribution is 2.29. The van der Waals surface area contributed by atoms with Crippen molar-refractivity contribution in [2.24, 2.45) is 0 Å². The van der Waals surface area contributed by atoms with E-state index in [1.807, 2.05) is 37.4 Å². The SMILES string of the molecule is CN1CCN(S(=O)(=O)Cc2ccc(F)cc2)C(c2ccccc2)C1.Cl. The molecule has 1 heterocycles. The Hall–Kier alpha value is -1.47. The first-order valence-electron chi connectivity index (χ1n) is 7.93. The van der Waals surface area contributed by atoms with Crippen LogP contribution in [0.2, 0.25) is 0 Å². The molecule has 0 aromatic heterocycles. The molecule has 3 rings (SSSR count). The van der Waals surface area contributed by atoms with E-state index in [2.05, 4.69) is 4.90 Å². The van der Waals surface area contributed by atoms with Crippen molar-refractivity contribution in [2.45, 2.75) is 11.8 Å². The molecule has 0 N–H and O–H groups in total. The topological polar surface area (TPSA) is 40.6 Å². The summed E-state index contributed by atoms with van der Waals surface area (Å²) in [5, 5.41) is 0. The summed E-state index contributed by atoms with van der Waals surface area (Å²) in [6.45, 7) is 1.82. The molecule has 0 saturated carbocycles. The maximum absolute atomic E-state index is 13.0. The molecule has 0 bridgehead atoms. The van der Waals surface area contributed by atoms with Crippen LogP contribution in [0.1, 0.15) is 17.2 Å². The molecule has 1 unspecified atom stereocenters. The average molecular weight is 385 g/mol. The summed E-state index contributed by atoms with van der Waals surface area (Å²) in [5.41, 5.74) is 1.59. The molecule has 2 aromatic carbocycles. The summed E-state index contributed by atoms with van der Waals surface area (Å²) in [6.07, 6.45) is 0. The van der Waals surface area contributed by atoms with E-state index in [1.165, 1.54) is 24.3 Å². The van der Waals surface area contributed by atoms with Crippen molar-refractivity contribution in [1.82, 2.24) is 9.21 Å². The van der Waals surface area contributed by atoms with Crippen molar-refractivity contribution in [3.63, 3.8) is 0 Å². The Kier molecular flexibility index (Phi) is 6.57. The lowest BCUT2D eigenvalue weighted by molar-refractivity contribution is 0.160. The standard InChI is InChI=1S/C18H21FN2O2S.ClH/c1-20-11-12-21(18(13-20)16-5-3-2-4-6-16)24(22,23)14-15-7-9-17(19)10-8-15;/h2-10,18H,11-14H2,1H3;1H. The predicted molar refractivity (Wildman–Crippen MR) is 99.7 cm³/mol. The molecular formula is C18H22ClFN2O2S. The summed E-state index contributed by atoms with van der Waals surface area (Å²) in [5.74, 6) is -0.474. The summed E-state index contributed by atoms with van der Waals surface area (Å²) in [4.78, 5) is 2.14. The Morgan fingerprint density at radius 1 is 1.04 bits per heavy atom. The zero-order valence-corrected chi connectivity index (χ0v) is 15.6. The number of hydrogen-bond donors (Lipinski definition) is 0. The maximum atomic E-state index is 13.0. The quantitative estimate of drug-likeness (QED) is 0.813. The van der Waals surface area contributed by atoms with Gasteiger partial charge in [-0.1, -0.05) is 42.5 Å². The molecule has 0 aliphatic carbocycles. The third-order valence-corrected chi connectivity index (χ3v) is 6.19. The second kappa shape index (κ2) is 8.27. The van der Waals surface area contributed by atoms with Crippen LogP contribution in [0.3, 0.4) is 0 Å². The third-order valence-electron chi connectivity index (χ3n) is 4.34. The van der Waals surface area contributed by atoms with Gasteiger partial charge in [0.1, 0.15) is 5.82 Å². The summed E-state index contributed by atoms with van der Waals surface area (Å²) in [6, 6.07) is 15.1. The minimum absolute atomic E-state index is 0. The van der Waals surface area contributed by atoms with Crippen molar-refractivity contribution < 1.29 is 12.8 Å². The first-order chi connectivity index (χ1) is 11.5. The van der Waals surface area contributed by atoms with Gasteiger partial charge >= 0.3 is 0 Å². The second-order valence-electron chi connectivity index (χ2n) is 6.18. The lowest BCUT2D eigenvalue weighted by Crippen LogP contribution is -2.49. The highest BCUT2D eigenvalue weighted by atomic mass is 35.5. The second-order valence-corrected chi connectivity index (χ2v) is 8.10. The predicted octanol–water partition coefficient (Wildman–Crippen LogP) is 3.07. The van der Waals surface area contributed by atoms with Crippen LogP contribution in [0, 0.1) is 5.82 Å². The van der Waals surface area contributed by atoms with Gasteiger partial charge in [-0.2, -0.15) is 4.31 Å². The van der Waals surface area contributed by atoms with Crippen LogP contribution in [-0.2, 0) is 15.8 Å². The highest BCUT2D eigenvalue weighted by molar-refractivity contribution is 7.88. The molecule has 136 valence electrons. The molecule has 2 aromatic rings. The summed E-state index contributed by atoms with van der Waals surface area (Å²) in [7, 11) is -1.49. The Morgan fingerprint density at radius 3 is 2.32 bits per heavy atom. The molecule has 1 aliphatic heterocycles. The number of sulfonamides is 1. The Balaban J connectivity index is 0.00000225. The van der Waals surface area contributed by atoms with Crippen molar-refractivity contribution >= 4 is 22.4 Å². The Labute approximate surface area is 154 Å². The number of hydrogen-bond acceptors (Lipinski definition) is 3. The molecule has 1 aliphatic rings. The van der Waals surface area contributed by atoms with Crippen LogP contribution in [0.4, 0.5) is 4.39 Å². The number of halogens is 2. The lowest BCUT2D eigenvalue weighted by Gasteiger charge is -2.39. The normalized spacial score (nSPS) is 19.4. The van der Waals surface area contributed by atoms with Crippen LogP contribution in [0.25, 0.3) is 0 Å². The first-order valence-corrected chi connectivity index (χ1v) is 9.54. The number of benzene rings is 2. The average Bonchev–Trinajstić information content (AvgIpc) is 2.57. The fraction of sp³-hybridized carbons (Fsp3) is 0.333. The van der Waals surface area contributed by atoms with E-state index < -0.39 is 10.0 Å². The van der Waals surface area contributed by atoms with E-state index in [0.717, 1.165) is 5.56 Å². The van der Waals surface area contributed by atoms with Gasteiger partial charge in [0.2, 0.25) is 10.0 Å². The van der Waals surface area contributed by atoms with Crippen molar-refractivity contribution in [1.29, 1.82) is 0 Å². The van der Waals surface area contributed by atoms with Crippen LogP contribution in [0.15, 0.2) is 54.6 Å². The van der Waals surface area contributed by atoms with Crippen LogP contribution < -0.4 is 0 Å². The van der Waals surface area contributed by atoms with Crippen LogP contribution in [-0.4, -0.2) is 44.3 Å². The molecular weight excluding hydrogens is 363 g/mol. The minimum atomic E-state index is -3.49. The third kappa shape index (κ3) is 4.79. The van der Waals surface area contributed by atoms with Crippen LogP contribution >= 0.6 is 12.4 Å². The van der Waals surface area contributed by atoms with Gasteiger partial charge in [0.05, 0.1) is 11.8 Å². The van der Waals surface area contributed by atoms with Gasteiger partial charge in [-0.15, -0.1) is 12.4 Å². The number of piperazine rings is 1. The van der Waals surface area contributed by atoms with Gasteiger partial charge in [0.25, 0.3) is 0 Å². The molecule has 7 heteroatoms. The lowest BCUT2D eigenvalue weighted by atomic mass is 10.1. The van der Waals surface area contributed by atoms with Gasteiger partial charge in [-0.25, -0.2) is 12.8 Å². The fourth-order valence-electron chi connectivity index (χ4n) is 3.06. The summed E-state index contributed by atoms with van der Waals surface area (Å²) >= 11 is 0. The Bertz CT molecular complexity index is 784. The van der Waals surface area contributed by atoms with Crippen molar-refractivity contribution in [2.75, 3.05) is 26.7 Å².